The molecule has 0 saturated heterocycles. The van der Waals surface area contributed by atoms with Crippen molar-refractivity contribution in [3.05, 3.63) is 58.9 Å². The zero-order chi connectivity index (χ0) is 20.5. The first-order chi connectivity index (χ1) is 13.9. The van der Waals surface area contributed by atoms with Crippen LogP contribution in [0.15, 0.2) is 51.9 Å². The molecule has 0 unspecified atom stereocenters. The fraction of sp³-hybridized carbons (Fsp3) is 0.286. The molecule has 0 aliphatic heterocycles. The molecule has 4 rings (SSSR count). The topological polar surface area (TPSA) is 79.5 Å². The summed E-state index contributed by atoms with van der Waals surface area (Å²) in [6.07, 6.45) is 2.41. The molecule has 0 bridgehead atoms. The average Bonchev–Trinajstić information content (AvgIpc) is 3.15. The summed E-state index contributed by atoms with van der Waals surface area (Å²) in [6.45, 7) is 0. The molecule has 0 radical (unpaired) electrons. The fourth-order valence-electron chi connectivity index (χ4n) is 3.70. The number of aromatic hydroxyl groups is 1. The molecule has 1 aliphatic carbocycles. The maximum Gasteiger partial charge on any atom is 0.336 e. The van der Waals surface area contributed by atoms with Gasteiger partial charge in [0.05, 0.1) is 18.0 Å². The quantitative estimate of drug-likeness (QED) is 0.716. The Kier molecular flexibility index (Phi) is 5.00. The van der Waals surface area contributed by atoms with Crippen molar-refractivity contribution in [2.24, 2.45) is 0 Å². The largest absolute Gasteiger partial charge is 0.507 e. The van der Waals surface area contributed by atoms with E-state index in [9.17, 15) is 18.7 Å². The molecule has 0 amide bonds. The van der Waals surface area contributed by atoms with E-state index in [0.29, 0.717) is 17.8 Å². The van der Waals surface area contributed by atoms with Crippen LogP contribution in [0.2, 0.25) is 0 Å². The van der Waals surface area contributed by atoms with Crippen LogP contribution in [-0.4, -0.2) is 34.6 Å². The summed E-state index contributed by atoms with van der Waals surface area (Å²) in [5.41, 5.74) is 0.189. The number of alkyl halides is 1. The molecule has 3 aromatic rings. The van der Waals surface area contributed by atoms with Crippen molar-refractivity contribution >= 4 is 5.82 Å². The van der Waals surface area contributed by atoms with E-state index in [1.807, 2.05) is 0 Å². The van der Waals surface area contributed by atoms with Crippen LogP contribution in [0.4, 0.5) is 14.6 Å². The highest BCUT2D eigenvalue weighted by Crippen LogP contribution is 2.35. The smallest absolute Gasteiger partial charge is 0.336 e. The van der Waals surface area contributed by atoms with Crippen molar-refractivity contribution in [3.63, 3.8) is 0 Å². The number of anilines is 1. The molecule has 2 heterocycles. The number of halogens is 2. The van der Waals surface area contributed by atoms with Crippen LogP contribution in [-0.2, 0) is 0 Å². The maximum atomic E-state index is 14.6. The molecule has 150 valence electrons. The first-order valence-electron chi connectivity index (χ1n) is 9.27. The lowest BCUT2D eigenvalue weighted by molar-refractivity contribution is 0.306. The highest BCUT2D eigenvalue weighted by atomic mass is 19.1. The number of aromatic nitrogens is 2. The molecule has 0 spiro atoms. The van der Waals surface area contributed by atoms with Gasteiger partial charge in [-0.2, -0.15) is 0 Å². The van der Waals surface area contributed by atoms with Gasteiger partial charge in [0.2, 0.25) is 0 Å². The van der Waals surface area contributed by atoms with Gasteiger partial charge in [-0.25, -0.2) is 13.6 Å². The number of hydrogen-bond acceptors (Lipinski definition) is 6. The molecule has 1 aromatic carbocycles. The zero-order valence-electron chi connectivity index (χ0n) is 15.7. The lowest BCUT2D eigenvalue weighted by Gasteiger charge is -2.26. The van der Waals surface area contributed by atoms with E-state index in [4.69, 9.17) is 0 Å². The van der Waals surface area contributed by atoms with Crippen LogP contribution in [0.5, 0.6) is 5.75 Å². The Morgan fingerprint density at radius 3 is 2.62 bits per heavy atom. The maximum absolute atomic E-state index is 14.6. The third-order valence-corrected chi connectivity index (χ3v) is 5.28. The number of phenolic OH excluding ortho intramolecular Hbond substituents is 1. The summed E-state index contributed by atoms with van der Waals surface area (Å²) in [5, 5.41) is 18.6. The highest BCUT2D eigenvalue weighted by Gasteiger charge is 2.31. The van der Waals surface area contributed by atoms with Crippen LogP contribution in [0.3, 0.4) is 0 Å². The minimum Gasteiger partial charge on any atom is -0.507 e. The van der Waals surface area contributed by atoms with Crippen molar-refractivity contribution in [2.45, 2.75) is 31.5 Å². The van der Waals surface area contributed by atoms with E-state index >= 15 is 0 Å². The van der Waals surface area contributed by atoms with E-state index in [1.54, 1.807) is 24.1 Å². The first kappa shape index (κ1) is 19.0. The van der Waals surface area contributed by atoms with Gasteiger partial charge in [0.1, 0.15) is 17.7 Å². The van der Waals surface area contributed by atoms with E-state index < -0.39 is 17.6 Å². The molecule has 1 saturated carbocycles. The van der Waals surface area contributed by atoms with Crippen LogP contribution in [0.25, 0.3) is 22.4 Å². The molecule has 29 heavy (non-hydrogen) atoms. The second-order valence-corrected chi connectivity index (χ2v) is 7.09. The van der Waals surface area contributed by atoms with Crippen LogP contribution < -0.4 is 10.5 Å². The van der Waals surface area contributed by atoms with Crippen LogP contribution in [0.1, 0.15) is 19.3 Å². The van der Waals surface area contributed by atoms with Crippen molar-refractivity contribution in [2.75, 3.05) is 11.9 Å². The van der Waals surface area contributed by atoms with Gasteiger partial charge in [-0.15, -0.1) is 10.2 Å². The third-order valence-electron chi connectivity index (χ3n) is 5.28. The summed E-state index contributed by atoms with van der Waals surface area (Å²) in [5.74, 6) is -0.321. The van der Waals surface area contributed by atoms with Gasteiger partial charge >= 0.3 is 5.63 Å². The van der Waals surface area contributed by atoms with Gasteiger partial charge in [0, 0.05) is 24.2 Å². The van der Waals surface area contributed by atoms with E-state index in [-0.39, 0.29) is 28.6 Å². The predicted octanol–water partition coefficient (Wildman–Crippen LogP) is 3.94. The van der Waals surface area contributed by atoms with E-state index in [1.165, 1.54) is 12.1 Å². The Hall–Kier alpha value is -3.29. The molecular formula is C21H19F2N3O3. The van der Waals surface area contributed by atoms with Crippen molar-refractivity contribution < 1.29 is 18.3 Å². The molecule has 6 nitrogen and oxygen atoms in total. The van der Waals surface area contributed by atoms with Crippen molar-refractivity contribution in [1.29, 1.82) is 0 Å². The normalized spacial score (nSPS) is 18.7. The Balaban J connectivity index is 1.63. The molecule has 2 atom stereocenters. The zero-order valence-corrected chi connectivity index (χ0v) is 15.7. The van der Waals surface area contributed by atoms with Crippen LogP contribution in [0, 0.1) is 5.82 Å². The van der Waals surface area contributed by atoms with E-state index in [0.717, 1.165) is 31.2 Å². The Morgan fingerprint density at radius 1 is 1.14 bits per heavy atom. The molecule has 2 aromatic heterocycles. The Bertz CT molecular complexity index is 1090. The van der Waals surface area contributed by atoms with Gasteiger partial charge < -0.3 is 14.4 Å². The highest BCUT2D eigenvalue weighted by molar-refractivity contribution is 5.74. The summed E-state index contributed by atoms with van der Waals surface area (Å²) in [6, 6.07) is 7.99. The second kappa shape index (κ2) is 7.62. The number of phenols is 1. The first-order valence-corrected chi connectivity index (χ1v) is 9.27. The summed E-state index contributed by atoms with van der Waals surface area (Å²) in [7, 11) is 1.77. The molecular weight excluding hydrogens is 380 g/mol. The van der Waals surface area contributed by atoms with Crippen molar-refractivity contribution in [1.82, 2.24) is 10.2 Å². The van der Waals surface area contributed by atoms with Crippen LogP contribution >= 0.6 is 0 Å². The standard InChI is InChI=1S/C21H19F2N3O3/c1-26(18-4-2-3-15(18)22)20-6-5-17(24-25-20)14-10-16(23)13(11-19(14)27)12-7-8-29-21(28)9-12/h5-11,15,18,27H,2-4H2,1H3/t15-,18+/m1/s1. The van der Waals surface area contributed by atoms with Gasteiger partial charge in [-0.1, -0.05) is 0 Å². The number of nitrogens with zero attached hydrogens (tertiary/aromatic N) is 3. The monoisotopic (exact) mass is 399 g/mol. The molecule has 1 fully saturated rings. The molecule has 8 heteroatoms. The van der Waals surface area contributed by atoms with Gasteiger partial charge in [0.25, 0.3) is 0 Å². The second-order valence-electron chi connectivity index (χ2n) is 7.09. The number of rotatable bonds is 4. The summed E-state index contributed by atoms with van der Waals surface area (Å²) >= 11 is 0. The van der Waals surface area contributed by atoms with Gasteiger partial charge in [0.15, 0.2) is 5.82 Å². The minimum atomic E-state index is -0.896. The SMILES string of the molecule is CN(c1ccc(-c2cc(F)c(-c3ccoc(=O)c3)cc2O)nn1)[C@H]1CCC[C@H]1F. The fourth-order valence-corrected chi connectivity index (χ4v) is 3.70. The van der Waals surface area contributed by atoms with E-state index in [2.05, 4.69) is 14.6 Å². The number of benzene rings is 1. The predicted molar refractivity (Wildman–Crippen MR) is 104 cm³/mol. The van der Waals surface area contributed by atoms with Crippen molar-refractivity contribution in [3.8, 4) is 28.1 Å². The summed E-state index contributed by atoms with van der Waals surface area (Å²) < 4.78 is 33.3. The summed E-state index contributed by atoms with van der Waals surface area (Å²) in [4.78, 5) is 13.1. The Morgan fingerprint density at radius 2 is 1.97 bits per heavy atom. The molecule has 1 N–H and O–H groups in total. The average molecular weight is 399 g/mol. The van der Waals surface area contributed by atoms with Gasteiger partial charge in [-0.05, 0) is 55.2 Å². The lowest BCUT2D eigenvalue weighted by atomic mass is 10.0. The third kappa shape index (κ3) is 3.70. The van der Waals surface area contributed by atoms with Gasteiger partial charge in [-0.3, -0.25) is 0 Å². The molecule has 1 aliphatic rings. The number of hydrogen-bond donors (Lipinski definition) is 1. The Labute approximate surface area is 165 Å². The lowest BCUT2D eigenvalue weighted by Crippen LogP contribution is -2.36. The minimum absolute atomic E-state index is 0.0682.